The molecule has 136 valence electrons. The number of rotatable bonds is 6. The Balaban J connectivity index is 1.36. The molecule has 3 rings (SSSR count). The molecule has 2 aliphatic rings. The highest BCUT2D eigenvalue weighted by atomic mass is 15.2. The predicted octanol–water partition coefficient (Wildman–Crippen LogP) is 3.57. The molecule has 0 bridgehead atoms. The fourth-order valence-corrected chi connectivity index (χ4v) is 3.81. The van der Waals surface area contributed by atoms with E-state index in [1.807, 2.05) is 7.05 Å². The molecule has 0 radical (unpaired) electrons. The molecule has 0 saturated carbocycles. The van der Waals surface area contributed by atoms with Gasteiger partial charge in [0, 0.05) is 38.9 Å². The molecule has 1 atom stereocenters. The minimum absolute atomic E-state index is 0.680. The Hall–Kier alpha value is -1.97. The third-order valence-electron chi connectivity index (χ3n) is 5.31. The number of nitrogens with one attached hydrogen (secondary N) is 2. The molecule has 2 N–H and O–H groups in total. The van der Waals surface area contributed by atoms with Gasteiger partial charge in [0.1, 0.15) is 0 Å². The lowest BCUT2D eigenvalue weighted by molar-refractivity contribution is 0.565. The van der Waals surface area contributed by atoms with Crippen molar-refractivity contribution >= 4 is 11.6 Å². The van der Waals surface area contributed by atoms with Crippen molar-refractivity contribution in [1.29, 1.82) is 0 Å². The average Bonchev–Trinajstić information content (AvgIpc) is 3.15. The number of allylic oxidation sites excluding steroid dienone is 1. The molecule has 1 aliphatic heterocycles. The van der Waals surface area contributed by atoms with Gasteiger partial charge in [0.05, 0.1) is 0 Å². The molecule has 25 heavy (non-hydrogen) atoms. The van der Waals surface area contributed by atoms with Gasteiger partial charge in [-0.15, -0.1) is 0 Å². The molecule has 1 unspecified atom stereocenters. The van der Waals surface area contributed by atoms with Gasteiger partial charge in [-0.05, 0) is 56.6 Å². The summed E-state index contributed by atoms with van der Waals surface area (Å²) in [6, 6.07) is 10.7. The van der Waals surface area contributed by atoms with E-state index >= 15 is 0 Å². The molecule has 1 aliphatic carbocycles. The third kappa shape index (κ3) is 5.52. The van der Waals surface area contributed by atoms with Crippen LogP contribution in [-0.4, -0.2) is 39.2 Å². The maximum atomic E-state index is 4.37. The summed E-state index contributed by atoms with van der Waals surface area (Å²) in [6.07, 6.45) is 10.1. The summed E-state index contributed by atoms with van der Waals surface area (Å²) >= 11 is 0. The normalized spacial score (nSPS) is 21.2. The number of para-hydroxylation sites is 1. The van der Waals surface area contributed by atoms with Crippen LogP contribution < -0.4 is 15.5 Å². The SMILES string of the molecule is CN=C(NCCC1=CCCCC1)NCC1CCN(c2ccccc2)C1. The minimum Gasteiger partial charge on any atom is -0.371 e. The average molecular weight is 341 g/mol. The first-order valence-corrected chi connectivity index (χ1v) is 9.77. The first-order chi connectivity index (χ1) is 12.3. The number of guanidine groups is 1. The van der Waals surface area contributed by atoms with E-state index in [9.17, 15) is 0 Å². The van der Waals surface area contributed by atoms with E-state index in [0.717, 1.165) is 38.6 Å². The molecule has 1 aromatic carbocycles. The zero-order valence-corrected chi connectivity index (χ0v) is 15.5. The van der Waals surface area contributed by atoms with Crippen LogP contribution in [0.5, 0.6) is 0 Å². The fraction of sp³-hybridized carbons (Fsp3) is 0.571. The second-order valence-corrected chi connectivity index (χ2v) is 7.17. The number of aliphatic imine (C=N–C) groups is 1. The number of anilines is 1. The van der Waals surface area contributed by atoms with Gasteiger partial charge >= 0.3 is 0 Å². The lowest BCUT2D eigenvalue weighted by Crippen LogP contribution is -2.40. The van der Waals surface area contributed by atoms with Gasteiger partial charge in [-0.3, -0.25) is 4.99 Å². The maximum Gasteiger partial charge on any atom is 0.190 e. The van der Waals surface area contributed by atoms with Gasteiger partial charge in [-0.2, -0.15) is 0 Å². The van der Waals surface area contributed by atoms with Gasteiger partial charge in [0.2, 0.25) is 0 Å². The summed E-state index contributed by atoms with van der Waals surface area (Å²) in [5.41, 5.74) is 2.96. The Kier molecular flexibility index (Phi) is 6.78. The molecule has 0 aromatic heterocycles. The molecule has 1 fully saturated rings. The van der Waals surface area contributed by atoms with Crippen LogP contribution in [-0.2, 0) is 0 Å². The Labute approximate surface area is 152 Å². The zero-order chi connectivity index (χ0) is 17.3. The van der Waals surface area contributed by atoms with E-state index < -0.39 is 0 Å². The van der Waals surface area contributed by atoms with Crippen molar-refractivity contribution in [3.63, 3.8) is 0 Å². The molecule has 4 heteroatoms. The van der Waals surface area contributed by atoms with Crippen LogP contribution in [0.4, 0.5) is 5.69 Å². The Morgan fingerprint density at radius 1 is 1.20 bits per heavy atom. The van der Waals surface area contributed by atoms with E-state index in [4.69, 9.17) is 0 Å². The fourth-order valence-electron chi connectivity index (χ4n) is 3.81. The zero-order valence-electron chi connectivity index (χ0n) is 15.5. The Morgan fingerprint density at radius 3 is 2.84 bits per heavy atom. The van der Waals surface area contributed by atoms with E-state index in [1.165, 1.54) is 37.8 Å². The van der Waals surface area contributed by atoms with Gasteiger partial charge < -0.3 is 15.5 Å². The maximum absolute atomic E-state index is 4.37. The first-order valence-electron chi connectivity index (χ1n) is 9.77. The predicted molar refractivity (Wildman–Crippen MR) is 107 cm³/mol. The monoisotopic (exact) mass is 340 g/mol. The van der Waals surface area contributed by atoms with Crippen molar-refractivity contribution in [3.8, 4) is 0 Å². The van der Waals surface area contributed by atoms with Crippen LogP contribution in [0.1, 0.15) is 38.5 Å². The Bertz CT molecular complexity index is 579. The first kappa shape index (κ1) is 17.8. The molecule has 4 nitrogen and oxygen atoms in total. The van der Waals surface area contributed by atoms with Crippen LogP contribution in [0.25, 0.3) is 0 Å². The van der Waals surface area contributed by atoms with Crippen LogP contribution in [0, 0.1) is 5.92 Å². The van der Waals surface area contributed by atoms with Gasteiger partial charge in [0.25, 0.3) is 0 Å². The van der Waals surface area contributed by atoms with Crippen molar-refractivity contribution < 1.29 is 0 Å². The summed E-state index contributed by atoms with van der Waals surface area (Å²) in [4.78, 5) is 6.85. The molecule has 1 heterocycles. The number of benzene rings is 1. The van der Waals surface area contributed by atoms with Crippen molar-refractivity contribution in [2.24, 2.45) is 10.9 Å². The van der Waals surface area contributed by atoms with Crippen molar-refractivity contribution in [2.45, 2.75) is 38.5 Å². The third-order valence-corrected chi connectivity index (χ3v) is 5.31. The summed E-state index contributed by atoms with van der Waals surface area (Å²) in [5, 5.41) is 6.98. The van der Waals surface area contributed by atoms with Gasteiger partial charge in [-0.1, -0.05) is 29.8 Å². The smallest absolute Gasteiger partial charge is 0.190 e. The number of hydrogen-bond donors (Lipinski definition) is 2. The van der Waals surface area contributed by atoms with Crippen LogP contribution in [0.15, 0.2) is 47.0 Å². The molecule has 0 amide bonds. The van der Waals surface area contributed by atoms with Crippen molar-refractivity contribution in [2.75, 3.05) is 38.1 Å². The standard InChI is InChI=1S/C21H32N4/c1-22-21(23-14-12-18-8-4-2-5-9-18)24-16-19-13-15-25(17-19)20-10-6-3-7-11-20/h3,6-8,10-11,19H,2,4-5,9,12-17H2,1H3,(H2,22,23,24). The van der Waals surface area contributed by atoms with Crippen LogP contribution >= 0.6 is 0 Å². The highest BCUT2D eigenvalue weighted by Gasteiger charge is 2.22. The topological polar surface area (TPSA) is 39.7 Å². The van der Waals surface area contributed by atoms with E-state index in [2.05, 4.69) is 56.9 Å². The second kappa shape index (κ2) is 9.50. The van der Waals surface area contributed by atoms with Gasteiger partial charge in [0.15, 0.2) is 5.96 Å². The van der Waals surface area contributed by atoms with Crippen molar-refractivity contribution in [3.05, 3.63) is 42.0 Å². The van der Waals surface area contributed by atoms with Crippen molar-refractivity contribution in [1.82, 2.24) is 10.6 Å². The van der Waals surface area contributed by atoms with E-state index in [-0.39, 0.29) is 0 Å². The highest BCUT2D eigenvalue weighted by Crippen LogP contribution is 2.23. The number of hydrogen-bond acceptors (Lipinski definition) is 2. The Morgan fingerprint density at radius 2 is 2.08 bits per heavy atom. The van der Waals surface area contributed by atoms with E-state index in [0.29, 0.717) is 5.92 Å². The summed E-state index contributed by atoms with van der Waals surface area (Å²) in [7, 11) is 1.86. The van der Waals surface area contributed by atoms with Crippen LogP contribution in [0.3, 0.4) is 0 Å². The molecular formula is C21H32N4. The number of nitrogens with zero attached hydrogens (tertiary/aromatic N) is 2. The summed E-state index contributed by atoms with van der Waals surface area (Å²) < 4.78 is 0. The molecule has 0 spiro atoms. The second-order valence-electron chi connectivity index (χ2n) is 7.17. The van der Waals surface area contributed by atoms with Gasteiger partial charge in [-0.25, -0.2) is 0 Å². The lowest BCUT2D eigenvalue weighted by atomic mass is 9.97. The molecule has 1 aromatic rings. The quantitative estimate of drug-likeness (QED) is 0.472. The highest BCUT2D eigenvalue weighted by molar-refractivity contribution is 5.79. The minimum atomic E-state index is 0.680. The summed E-state index contributed by atoms with van der Waals surface area (Å²) in [5.74, 6) is 1.62. The molecule has 1 saturated heterocycles. The lowest BCUT2D eigenvalue weighted by Gasteiger charge is -2.19. The van der Waals surface area contributed by atoms with E-state index in [1.54, 1.807) is 5.57 Å². The summed E-state index contributed by atoms with van der Waals surface area (Å²) in [6.45, 7) is 4.25. The molecular weight excluding hydrogens is 308 g/mol. The largest absolute Gasteiger partial charge is 0.371 e. The van der Waals surface area contributed by atoms with Crippen LogP contribution in [0.2, 0.25) is 0 Å².